The SMILES string of the molecule is CCOC(=O)N[C@H]1CC[C@@H]2[C@H](C1)C[C@@]1(C)C(=O)O[C@H](C)[C@@H]1[C@H]2/C=C/C1=CC=C(c2cccc(F)c2)C(C)C1.[HH].[HH]. The molecule has 1 unspecified atom stereocenters. The van der Waals surface area contributed by atoms with Crippen LogP contribution >= 0.6 is 0 Å². The van der Waals surface area contributed by atoms with Crippen LogP contribution in [0.1, 0.15) is 68.2 Å². The molecular formula is C32H44FNO4. The summed E-state index contributed by atoms with van der Waals surface area (Å²) in [6.45, 7) is 8.48. The van der Waals surface area contributed by atoms with Gasteiger partial charge in [-0.05, 0) is 105 Å². The van der Waals surface area contributed by atoms with Gasteiger partial charge in [0.05, 0.1) is 12.0 Å². The van der Waals surface area contributed by atoms with Crippen LogP contribution in [0.4, 0.5) is 9.18 Å². The van der Waals surface area contributed by atoms with E-state index in [2.05, 4.69) is 43.5 Å². The van der Waals surface area contributed by atoms with Crippen LogP contribution < -0.4 is 5.32 Å². The second-order valence-corrected chi connectivity index (χ2v) is 12.0. The van der Waals surface area contributed by atoms with Crippen molar-refractivity contribution in [1.82, 2.24) is 5.32 Å². The van der Waals surface area contributed by atoms with Crippen LogP contribution in [-0.2, 0) is 14.3 Å². The quantitative estimate of drug-likeness (QED) is 0.409. The van der Waals surface area contributed by atoms with Gasteiger partial charge < -0.3 is 14.8 Å². The summed E-state index contributed by atoms with van der Waals surface area (Å²) >= 11 is 0. The van der Waals surface area contributed by atoms with Crippen molar-refractivity contribution >= 4 is 17.6 Å². The minimum Gasteiger partial charge on any atom is -0.462 e. The maximum absolute atomic E-state index is 13.8. The zero-order valence-electron chi connectivity index (χ0n) is 22.9. The third-order valence-corrected chi connectivity index (χ3v) is 9.47. The molecule has 6 heteroatoms. The van der Waals surface area contributed by atoms with Gasteiger partial charge in [0.2, 0.25) is 0 Å². The van der Waals surface area contributed by atoms with Crippen LogP contribution in [-0.4, -0.2) is 30.8 Å². The third-order valence-electron chi connectivity index (χ3n) is 9.47. The number of alkyl carbamates (subject to hydrolysis) is 1. The van der Waals surface area contributed by atoms with Crippen molar-refractivity contribution in [3.05, 3.63) is 65.5 Å². The number of hydrogen-bond acceptors (Lipinski definition) is 4. The Labute approximate surface area is 228 Å². The van der Waals surface area contributed by atoms with Gasteiger partial charge in [0, 0.05) is 14.8 Å². The Morgan fingerprint density at radius 1 is 1.29 bits per heavy atom. The van der Waals surface area contributed by atoms with Gasteiger partial charge in [-0.15, -0.1) is 0 Å². The molecule has 3 aliphatic carbocycles. The molecule has 5 rings (SSSR count). The first kappa shape index (κ1) is 26.7. The molecule has 5 nitrogen and oxygen atoms in total. The average Bonchev–Trinajstić information content (AvgIpc) is 3.09. The summed E-state index contributed by atoms with van der Waals surface area (Å²) in [6.07, 6.45) is 12.9. The molecule has 4 aliphatic rings. The van der Waals surface area contributed by atoms with Gasteiger partial charge in [-0.1, -0.05) is 43.4 Å². The highest BCUT2D eigenvalue weighted by Crippen LogP contribution is 2.59. The fourth-order valence-corrected chi connectivity index (χ4v) is 7.86. The van der Waals surface area contributed by atoms with Crippen LogP contribution in [0.25, 0.3) is 5.57 Å². The monoisotopic (exact) mass is 525 g/mol. The molecule has 2 saturated carbocycles. The molecule has 1 saturated heterocycles. The Kier molecular flexibility index (Phi) is 7.52. The highest BCUT2D eigenvalue weighted by Gasteiger charge is 2.61. The molecule has 0 aromatic heterocycles. The van der Waals surface area contributed by atoms with E-state index in [1.165, 1.54) is 11.6 Å². The Balaban J connectivity index is 0.00000220. The number of benzene rings is 1. The van der Waals surface area contributed by atoms with E-state index in [0.717, 1.165) is 43.2 Å². The highest BCUT2D eigenvalue weighted by atomic mass is 19.1. The molecule has 38 heavy (non-hydrogen) atoms. The van der Waals surface area contributed by atoms with Crippen molar-refractivity contribution in [3.63, 3.8) is 0 Å². The predicted octanol–water partition coefficient (Wildman–Crippen LogP) is 7.34. The highest BCUT2D eigenvalue weighted by molar-refractivity contribution is 5.79. The topological polar surface area (TPSA) is 64.6 Å². The molecule has 1 N–H and O–H groups in total. The fourth-order valence-electron chi connectivity index (χ4n) is 7.86. The van der Waals surface area contributed by atoms with Crippen LogP contribution in [0.3, 0.4) is 0 Å². The van der Waals surface area contributed by atoms with Gasteiger partial charge in [-0.3, -0.25) is 4.79 Å². The number of allylic oxidation sites excluding steroid dienone is 6. The average molecular weight is 526 g/mol. The number of hydrogen-bond donors (Lipinski definition) is 1. The number of ether oxygens (including phenoxy) is 2. The molecule has 0 radical (unpaired) electrons. The summed E-state index contributed by atoms with van der Waals surface area (Å²) < 4.78 is 24.7. The zero-order valence-corrected chi connectivity index (χ0v) is 22.9. The molecule has 1 aliphatic heterocycles. The van der Waals surface area contributed by atoms with Crippen LogP contribution in [0, 0.1) is 40.8 Å². The first-order chi connectivity index (χ1) is 18.2. The van der Waals surface area contributed by atoms with Crippen molar-refractivity contribution in [2.45, 2.75) is 71.9 Å². The third kappa shape index (κ3) is 5.06. The number of esters is 1. The summed E-state index contributed by atoms with van der Waals surface area (Å²) in [5.74, 6) is 1.14. The lowest BCUT2D eigenvalue weighted by Crippen LogP contribution is -2.52. The molecule has 0 spiro atoms. The van der Waals surface area contributed by atoms with Gasteiger partial charge in [-0.2, -0.15) is 0 Å². The number of rotatable bonds is 5. The van der Waals surface area contributed by atoms with E-state index in [1.807, 2.05) is 19.9 Å². The molecule has 3 fully saturated rings. The van der Waals surface area contributed by atoms with E-state index in [0.29, 0.717) is 18.4 Å². The second kappa shape index (κ2) is 10.7. The zero-order chi connectivity index (χ0) is 27.0. The van der Waals surface area contributed by atoms with Crippen molar-refractivity contribution in [3.8, 4) is 0 Å². The van der Waals surface area contributed by atoms with Crippen molar-refractivity contribution in [2.75, 3.05) is 6.61 Å². The minimum absolute atomic E-state index is 0. The molecule has 208 valence electrons. The van der Waals surface area contributed by atoms with Gasteiger partial charge in [0.25, 0.3) is 0 Å². The number of amides is 1. The lowest BCUT2D eigenvalue weighted by molar-refractivity contribution is -0.150. The number of fused-ring (bicyclic) bond motifs is 2. The second-order valence-electron chi connectivity index (χ2n) is 12.0. The lowest BCUT2D eigenvalue weighted by atomic mass is 9.51. The Morgan fingerprint density at radius 3 is 2.84 bits per heavy atom. The van der Waals surface area contributed by atoms with E-state index in [4.69, 9.17) is 9.47 Å². The van der Waals surface area contributed by atoms with Gasteiger partial charge in [0.15, 0.2) is 0 Å². The Bertz CT molecular complexity index is 1180. The van der Waals surface area contributed by atoms with Crippen molar-refractivity contribution in [2.24, 2.45) is 35.0 Å². The van der Waals surface area contributed by atoms with Gasteiger partial charge in [0.1, 0.15) is 11.9 Å². The van der Waals surface area contributed by atoms with Crippen LogP contribution in [0.5, 0.6) is 0 Å². The number of nitrogens with one attached hydrogen (secondary N) is 1. The van der Waals surface area contributed by atoms with E-state index in [9.17, 15) is 14.0 Å². The van der Waals surface area contributed by atoms with Crippen molar-refractivity contribution in [1.29, 1.82) is 0 Å². The number of cyclic esters (lactones) is 1. The smallest absolute Gasteiger partial charge is 0.407 e. The molecule has 1 amide bonds. The van der Waals surface area contributed by atoms with E-state index in [-0.39, 0.29) is 50.6 Å². The largest absolute Gasteiger partial charge is 0.462 e. The van der Waals surface area contributed by atoms with Crippen LogP contribution in [0.15, 0.2) is 54.1 Å². The summed E-state index contributed by atoms with van der Waals surface area (Å²) in [5, 5.41) is 3.04. The normalized spacial score (nSPS) is 36.6. The number of carbonyl (C=O) groups excluding carboxylic acids is 2. The molecule has 0 bridgehead atoms. The first-order valence-corrected chi connectivity index (χ1v) is 14.2. The van der Waals surface area contributed by atoms with E-state index >= 15 is 0 Å². The van der Waals surface area contributed by atoms with Gasteiger partial charge in [-0.25, -0.2) is 9.18 Å². The fraction of sp³-hybridized carbons (Fsp3) is 0.562. The van der Waals surface area contributed by atoms with E-state index < -0.39 is 5.41 Å². The van der Waals surface area contributed by atoms with E-state index in [1.54, 1.807) is 12.1 Å². The maximum atomic E-state index is 13.8. The summed E-state index contributed by atoms with van der Waals surface area (Å²) in [6, 6.07) is 6.88. The standard InChI is InChI=1S/C32H40FNO4.2H2/c1-5-37-31(36)34-25-11-14-27-23(17-25)18-32(4)29(20(3)38-30(32)35)28(27)13-10-21-9-12-26(19(2)15-21)22-7-6-8-24(33)16-22;;/h6-10,12-13,16,19-20,23,25,27-29H,5,11,14-15,17-18H2,1-4H3,(H,34,36);2*1H/b13-10+;;/t19?,20-,23-,25+,27-,28+,29-,32-;;/m1../s1. The molecule has 1 aromatic carbocycles. The predicted molar refractivity (Wildman–Crippen MR) is 150 cm³/mol. The Hall–Kier alpha value is -2.89. The number of halogens is 1. The lowest BCUT2D eigenvalue weighted by Gasteiger charge is -2.51. The molecule has 8 atom stereocenters. The molecule has 1 heterocycles. The Morgan fingerprint density at radius 2 is 2.11 bits per heavy atom. The first-order valence-electron chi connectivity index (χ1n) is 14.2. The molecule has 1 aromatic rings. The molecular weight excluding hydrogens is 481 g/mol. The maximum Gasteiger partial charge on any atom is 0.407 e. The summed E-state index contributed by atoms with van der Waals surface area (Å²) in [7, 11) is 0. The van der Waals surface area contributed by atoms with Gasteiger partial charge >= 0.3 is 12.1 Å². The summed E-state index contributed by atoms with van der Waals surface area (Å²) in [5.41, 5.74) is 2.83. The minimum atomic E-state index is -0.514. The van der Waals surface area contributed by atoms with Crippen molar-refractivity contribution < 1.29 is 26.3 Å². The van der Waals surface area contributed by atoms with Crippen LogP contribution in [0.2, 0.25) is 0 Å². The number of carbonyl (C=O) groups is 2. The summed E-state index contributed by atoms with van der Waals surface area (Å²) in [4.78, 5) is 25.1.